The highest BCUT2D eigenvalue weighted by atomic mass is 35.5. The summed E-state index contributed by atoms with van der Waals surface area (Å²) < 4.78 is 6.98. The molecule has 1 aliphatic heterocycles. The zero-order valence-corrected chi connectivity index (χ0v) is 18.8. The summed E-state index contributed by atoms with van der Waals surface area (Å²) in [7, 11) is 1.56. The van der Waals surface area contributed by atoms with Crippen LogP contribution in [0.2, 0.25) is 0 Å². The van der Waals surface area contributed by atoms with Gasteiger partial charge in [-0.3, -0.25) is 14.2 Å². The lowest BCUT2D eigenvalue weighted by Gasteiger charge is -2.21. The van der Waals surface area contributed by atoms with E-state index < -0.39 is 12.0 Å². The normalized spacial score (nSPS) is 20.5. The van der Waals surface area contributed by atoms with E-state index in [0.717, 1.165) is 5.39 Å². The number of carboxylic acid groups (broad SMARTS) is 1. The summed E-state index contributed by atoms with van der Waals surface area (Å²) in [4.78, 5) is 39.5. The molecule has 2 aliphatic rings. The minimum atomic E-state index is -0.986. The number of alkyl halides is 1. The van der Waals surface area contributed by atoms with E-state index in [1.54, 1.807) is 36.0 Å². The topological polar surface area (TPSA) is 88.8 Å². The monoisotopic (exact) mass is 456 g/mol. The Kier molecular flexibility index (Phi) is 6.11. The van der Waals surface area contributed by atoms with Crippen molar-refractivity contribution < 1.29 is 24.2 Å². The molecule has 2 unspecified atom stereocenters. The first-order valence-electron chi connectivity index (χ1n) is 10.6. The summed E-state index contributed by atoms with van der Waals surface area (Å²) in [5.74, 6) is -0.822. The maximum atomic E-state index is 13.4. The zero-order valence-electron chi connectivity index (χ0n) is 18.0. The first-order chi connectivity index (χ1) is 15.3. The van der Waals surface area contributed by atoms with Crippen LogP contribution in [0.5, 0.6) is 5.75 Å². The van der Waals surface area contributed by atoms with Crippen molar-refractivity contribution in [3.63, 3.8) is 0 Å². The van der Waals surface area contributed by atoms with Gasteiger partial charge in [-0.15, -0.1) is 11.6 Å². The standard InChI is InChI=1S/C24H25ClN2O5/c1-14-18(13-22(28)26-11-3-4-21(26)24(30)31)19-12-17(32-2)9-10-20(19)27(14)23(29)15-5-7-16(25)8-6-15/h5-7,9-10,12,16,21H,3-4,8,11,13H2,1-2H3,(H,30,31). The van der Waals surface area contributed by atoms with Crippen molar-refractivity contribution in [2.45, 2.75) is 44.0 Å². The fraction of sp³-hybridized carbons (Fsp3) is 0.375. The average Bonchev–Trinajstić information content (AvgIpc) is 3.37. The second kappa shape index (κ2) is 8.82. The lowest BCUT2D eigenvalue weighted by atomic mass is 10.1. The molecule has 1 aromatic carbocycles. The minimum Gasteiger partial charge on any atom is -0.497 e. The fourth-order valence-corrected chi connectivity index (χ4v) is 4.69. The van der Waals surface area contributed by atoms with E-state index >= 15 is 0 Å². The molecule has 0 radical (unpaired) electrons. The molecule has 2 aromatic rings. The van der Waals surface area contributed by atoms with E-state index in [1.807, 2.05) is 19.1 Å². The van der Waals surface area contributed by atoms with Gasteiger partial charge in [-0.1, -0.05) is 18.2 Å². The molecule has 0 saturated carbocycles. The summed E-state index contributed by atoms with van der Waals surface area (Å²) in [6.07, 6.45) is 7.04. The summed E-state index contributed by atoms with van der Waals surface area (Å²) >= 11 is 6.10. The number of fused-ring (bicyclic) bond motifs is 1. The number of allylic oxidation sites excluding steroid dienone is 4. The van der Waals surface area contributed by atoms with E-state index in [1.165, 1.54) is 4.90 Å². The number of carbonyl (C=O) groups is 3. The van der Waals surface area contributed by atoms with Gasteiger partial charge in [0.2, 0.25) is 5.91 Å². The Morgan fingerprint density at radius 2 is 2.06 bits per heavy atom. The van der Waals surface area contributed by atoms with Gasteiger partial charge in [-0.2, -0.15) is 0 Å². The van der Waals surface area contributed by atoms with Crippen molar-refractivity contribution in [2.24, 2.45) is 0 Å². The molecule has 1 aromatic heterocycles. The molecule has 2 atom stereocenters. The first kappa shape index (κ1) is 22.1. The van der Waals surface area contributed by atoms with Crippen molar-refractivity contribution in [3.05, 3.63) is 53.3 Å². The number of carboxylic acids is 1. The van der Waals surface area contributed by atoms with Gasteiger partial charge in [-0.25, -0.2) is 4.79 Å². The van der Waals surface area contributed by atoms with Crippen LogP contribution >= 0.6 is 11.6 Å². The maximum Gasteiger partial charge on any atom is 0.326 e. The number of carbonyl (C=O) groups excluding carboxylic acids is 2. The fourth-order valence-electron chi connectivity index (χ4n) is 4.53. The van der Waals surface area contributed by atoms with Crippen LogP contribution in [0.4, 0.5) is 0 Å². The van der Waals surface area contributed by atoms with Crippen LogP contribution in [0.25, 0.3) is 10.9 Å². The van der Waals surface area contributed by atoms with Crippen molar-refractivity contribution in [1.82, 2.24) is 9.47 Å². The molecule has 1 fully saturated rings. The number of aliphatic carboxylic acids is 1. The molecule has 0 bridgehead atoms. The van der Waals surface area contributed by atoms with Crippen LogP contribution in [-0.2, 0) is 16.0 Å². The van der Waals surface area contributed by atoms with Gasteiger partial charge >= 0.3 is 5.97 Å². The van der Waals surface area contributed by atoms with Gasteiger partial charge in [0.15, 0.2) is 0 Å². The van der Waals surface area contributed by atoms with Crippen molar-refractivity contribution in [3.8, 4) is 5.75 Å². The van der Waals surface area contributed by atoms with Gasteiger partial charge in [0.25, 0.3) is 5.91 Å². The predicted molar refractivity (Wildman–Crippen MR) is 121 cm³/mol. The molecule has 1 aliphatic carbocycles. The average molecular weight is 457 g/mol. The number of halogens is 1. The number of benzene rings is 1. The number of hydrogen-bond acceptors (Lipinski definition) is 4. The molecule has 7 nitrogen and oxygen atoms in total. The van der Waals surface area contributed by atoms with Gasteiger partial charge in [-0.05, 0) is 49.9 Å². The molecule has 1 amide bonds. The number of amides is 1. The number of rotatable bonds is 5. The SMILES string of the molecule is COc1ccc2c(c1)c(CC(=O)N1CCCC1C(=O)O)c(C)n2C(=O)C1=CCC(Cl)C=C1. The smallest absolute Gasteiger partial charge is 0.326 e. The number of likely N-dealkylation sites (tertiary alicyclic amines) is 1. The summed E-state index contributed by atoms with van der Waals surface area (Å²) in [5.41, 5.74) is 2.57. The number of aromatic nitrogens is 1. The number of methoxy groups -OCH3 is 1. The Hall–Kier alpha value is -3.06. The highest BCUT2D eigenvalue weighted by Gasteiger charge is 2.34. The van der Waals surface area contributed by atoms with Crippen LogP contribution < -0.4 is 4.74 Å². The molecule has 32 heavy (non-hydrogen) atoms. The zero-order chi connectivity index (χ0) is 23.0. The first-order valence-corrected chi connectivity index (χ1v) is 11.0. The molecular formula is C24H25ClN2O5. The van der Waals surface area contributed by atoms with Crippen LogP contribution in [0.3, 0.4) is 0 Å². The van der Waals surface area contributed by atoms with Crippen LogP contribution in [0, 0.1) is 6.92 Å². The molecule has 2 heterocycles. The van der Waals surface area contributed by atoms with E-state index in [4.69, 9.17) is 16.3 Å². The van der Waals surface area contributed by atoms with E-state index in [-0.39, 0.29) is 23.6 Å². The predicted octanol–water partition coefficient (Wildman–Crippen LogP) is 3.71. The van der Waals surface area contributed by atoms with Crippen molar-refractivity contribution in [1.29, 1.82) is 0 Å². The van der Waals surface area contributed by atoms with Crippen LogP contribution in [0.15, 0.2) is 42.0 Å². The van der Waals surface area contributed by atoms with Gasteiger partial charge in [0, 0.05) is 23.2 Å². The van der Waals surface area contributed by atoms with Crippen LogP contribution in [-0.4, -0.2) is 57.4 Å². The molecule has 1 N–H and O–H groups in total. The second-order valence-electron chi connectivity index (χ2n) is 8.12. The molecule has 8 heteroatoms. The van der Waals surface area contributed by atoms with Gasteiger partial charge < -0.3 is 14.7 Å². The quantitative estimate of drug-likeness (QED) is 0.693. The highest BCUT2D eigenvalue weighted by molar-refractivity contribution is 6.22. The van der Waals surface area contributed by atoms with E-state index in [0.29, 0.717) is 53.9 Å². The van der Waals surface area contributed by atoms with E-state index in [9.17, 15) is 19.5 Å². The Morgan fingerprint density at radius 3 is 2.72 bits per heavy atom. The summed E-state index contributed by atoms with van der Waals surface area (Å²) in [5, 5.41) is 10.1. The number of nitrogens with zero attached hydrogens (tertiary/aromatic N) is 2. The third-order valence-electron chi connectivity index (χ3n) is 6.23. The molecular weight excluding hydrogens is 432 g/mol. The maximum absolute atomic E-state index is 13.4. The summed E-state index contributed by atoms with van der Waals surface area (Å²) in [6, 6.07) is 4.60. The van der Waals surface area contributed by atoms with Crippen molar-refractivity contribution >= 4 is 40.3 Å². The van der Waals surface area contributed by atoms with Crippen molar-refractivity contribution in [2.75, 3.05) is 13.7 Å². The Labute approximate surface area is 190 Å². The third-order valence-corrected chi connectivity index (χ3v) is 6.55. The number of hydrogen-bond donors (Lipinski definition) is 1. The van der Waals surface area contributed by atoms with Gasteiger partial charge in [0.05, 0.1) is 24.4 Å². The third kappa shape index (κ3) is 3.93. The largest absolute Gasteiger partial charge is 0.497 e. The molecule has 0 spiro atoms. The van der Waals surface area contributed by atoms with Gasteiger partial charge in [0.1, 0.15) is 11.8 Å². The minimum absolute atomic E-state index is 0.0121. The molecule has 168 valence electrons. The summed E-state index contributed by atoms with van der Waals surface area (Å²) in [6.45, 7) is 2.23. The van der Waals surface area contributed by atoms with E-state index in [2.05, 4.69) is 0 Å². The lowest BCUT2D eigenvalue weighted by molar-refractivity contribution is -0.147. The molecule has 1 saturated heterocycles. The highest BCUT2D eigenvalue weighted by Crippen LogP contribution is 2.32. The Bertz CT molecular complexity index is 1160. The molecule has 4 rings (SSSR count). The second-order valence-corrected chi connectivity index (χ2v) is 8.68. The Morgan fingerprint density at radius 1 is 1.28 bits per heavy atom. The number of ether oxygens (including phenoxy) is 1. The lowest BCUT2D eigenvalue weighted by Crippen LogP contribution is -2.41. The van der Waals surface area contributed by atoms with Crippen LogP contribution in [0.1, 0.15) is 35.3 Å². The Balaban J connectivity index is 1.76.